The molecule has 0 bridgehead atoms. The SMILES string of the molecule is CNC(=O)Nc1ccc(COC(=O)Nc2cc(C(C)(C)C)cc(C(C)(C)C)c2)cc1. The molecule has 3 N–H and O–H groups in total. The molecule has 0 atom stereocenters. The smallest absolute Gasteiger partial charge is 0.411 e. The predicted molar refractivity (Wildman–Crippen MR) is 122 cm³/mol. The van der Waals surface area contributed by atoms with Gasteiger partial charge in [-0.2, -0.15) is 0 Å². The van der Waals surface area contributed by atoms with E-state index in [1.807, 2.05) is 12.1 Å². The van der Waals surface area contributed by atoms with Crippen molar-refractivity contribution in [3.8, 4) is 0 Å². The van der Waals surface area contributed by atoms with Gasteiger partial charge in [-0.3, -0.25) is 5.32 Å². The molecule has 0 aromatic heterocycles. The number of urea groups is 1. The number of benzene rings is 2. The minimum atomic E-state index is -0.506. The number of hydrogen-bond acceptors (Lipinski definition) is 3. The van der Waals surface area contributed by atoms with Gasteiger partial charge in [0.15, 0.2) is 0 Å². The van der Waals surface area contributed by atoms with Gasteiger partial charge in [0, 0.05) is 18.4 Å². The lowest BCUT2D eigenvalue weighted by atomic mass is 9.80. The van der Waals surface area contributed by atoms with Crippen LogP contribution in [-0.2, 0) is 22.2 Å². The average molecular weight is 412 g/mol. The van der Waals surface area contributed by atoms with Crippen LogP contribution in [0.25, 0.3) is 0 Å². The lowest BCUT2D eigenvalue weighted by Gasteiger charge is -2.26. The van der Waals surface area contributed by atoms with Crippen molar-refractivity contribution < 1.29 is 14.3 Å². The van der Waals surface area contributed by atoms with E-state index >= 15 is 0 Å². The van der Waals surface area contributed by atoms with Gasteiger partial charge in [0.1, 0.15) is 6.61 Å². The van der Waals surface area contributed by atoms with E-state index in [0.29, 0.717) is 5.69 Å². The molecule has 0 fully saturated rings. The van der Waals surface area contributed by atoms with Crippen molar-refractivity contribution in [1.29, 1.82) is 0 Å². The molecule has 0 spiro atoms. The third-order valence-electron chi connectivity index (χ3n) is 4.72. The molecule has 2 rings (SSSR count). The van der Waals surface area contributed by atoms with E-state index in [1.165, 1.54) is 0 Å². The van der Waals surface area contributed by atoms with Gasteiger partial charge in [-0.15, -0.1) is 0 Å². The van der Waals surface area contributed by atoms with Gasteiger partial charge < -0.3 is 15.4 Å². The molecule has 162 valence electrons. The third-order valence-corrected chi connectivity index (χ3v) is 4.72. The fraction of sp³-hybridized carbons (Fsp3) is 0.417. The number of carbonyl (C=O) groups excluding carboxylic acids is 2. The highest BCUT2D eigenvalue weighted by molar-refractivity contribution is 5.89. The average Bonchev–Trinajstić information content (AvgIpc) is 2.65. The molecule has 0 saturated heterocycles. The summed E-state index contributed by atoms with van der Waals surface area (Å²) in [4.78, 5) is 23.7. The number of rotatable bonds is 4. The molecular weight excluding hydrogens is 378 g/mol. The van der Waals surface area contributed by atoms with Crippen LogP contribution >= 0.6 is 0 Å². The second-order valence-corrected chi connectivity index (χ2v) is 9.40. The maximum absolute atomic E-state index is 12.4. The van der Waals surface area contributed by atoms with Gasteiger partial charge in [0.05, 0.1) is 0 Å². The Hall–Kier alpha value is -3.02. The first-order valence-electron chi connectivity index (χ1n) is 10.1. The summed E-state index contributed by atoms with van der Waals surface area (Å²) in [5, 5.41) is 8.03. The van der Waals surface area contributed by atoms with Crippen molar-refractivity contribution >= 4 is 23.5 Å². The van der Waals surface area contributed by atoms with E-state index in [1.54, 1.807) is 31.3 Å². The van der Waals surface area contributed by atoms with Crippen molar-refractivity contribution in [2.24, 2.45) is 0 Å². The van der Waals surface area contributed by atoms with Crippen molar-refractivity contribution in [2.45, 2.75) is 59.0 Å². The van der Waals surface area contributed by atoms with E-state index < -0.39 is 6.09 Å². The lowest BCUT2D eigenvalue weighted by molar-refractivity contribution is 0.155. The van der Waals surface area contributed by atoms with E-state index in [0.717, 1.165) is 22.4 Å². The maximum Gasteiger partial charge on any atom is 0.411 e. The Kier molecular flexibility index (Phi) is 7.13. The molecule has 0 aliphatic rings. The zero-order valence-corrected chi connectivity index (χ0v) is 19.0. The quantitative estimate of drug-likeness (QED) is 0.596. The molecule has 2 aromatic rings. The molecule has 0 saturated carbocycles. The summed E-state index contributed by atoms with van der Waals surface area (Å²) in [6.45, 7) is 13.0. The molecule has 0 aliphatic carbocycles. The summed E-state index contributed by atoms with van der Waals surface area (Å²) in [5.74, 6) is 0. The highest BCUT2D eigenvalue weighted by Crippen LogP contribution is 2.32. The predicted octanol–water partition coefficient (Wildman–Crippen LogP) is 5.78. The number of nitrogens with one attached hydrogen (secondary N) is 3. The fourth-order valence-corrected chi connectivity index (χ4v) is 2.75. The third kappa shape index (κ3) is 6.79. The molecule has 30 heavy (non-hydrogen) atoms. The minimum Gasteiger partial charge on any atom is -0.444 e. The minimum absolute atomic E-state index is 0.0357. The van der Waals surface area contributed by atoms with Gasteiger partial charge in [-0.05, 0) is 51.8 Å². The van der Waals surface area contributed by atoms with Crippen LogP contribution in [0, 0.1) is 0 Å². The molecule has 0 radical (unpaired) electrons. The second-order valence-electron chi connectivity index (χ2n) is 9.40. The first kappa shape index (κ1) is 23.3. The van der Waals surface area contributed by atoms with E-state index in [-0.39, 0.29) is 23.5 Å². The van der Waals surface area contributed by atoms with E-state index in [4.69, 9.17) is 4.74 Å². The Morgan fingerprint density at radius 1 is 0.800 bits per heavy atom. The van der Waals surface area contributed by atoms with Gasteiger partial charge in [-0.25, -0.2) is 9.59 Å². The Morgan fingerprint density at radius 3 is 1.80 bits per heavy atom. The first-order valence-corrected chi connectivity index (χ1v) is 10.1. The molecular formula is C24H33N3O3. The number of hydrogen-bond donors (Lipinski definition) is 3. The summed E-state index contributed by atoms with van der Waals surface area (Å²) in [5.41, 5.74) is 4.46. The standard InChI is InChI=1S/C24H33N3O3/c1-23(2,3)17-12-18(24(4,5)6)14-20(13-17)27-22(29)30-15-16-8-10-19(11-9-16)26-21(28)25-7/h8-14H,15H2,1-7H3,(H,27,29)(H2,25,26,28). The Bertz CT molecular complexity index is 859. The van der Waals surface area contributed by atoms with Crippen LogP contribution < -0.4 is 16.0 Å². The molecule has 0 aliphatic heterocycles. The zero-order chi connectivity index (χ0) is 22.5. The fourth-order valence-electron chi connectivity index (χ4n) is 2.75. The van der Waals surface area contributed by atoms with Crippen LogP contribution in [0.4, 0.5) is 21.0 Å². The van der Waals surface area contributed by atoms with E-state index in [2.05, 4.69) is 63.6 Å². The van der Waals surface area contributed by atoms with Crippen LogP contribution in [0.3, 0.4) is 0 Å². The van der Waals surface area contributed by atoms with Gasteiger partial charge in [-0.1, -0.05) is 59.7 Å². The molecule has 0 heterocycles. The van der Waals surface area contributed by atoms with Crippen LogP contribution in [-0.4, -0.2) is 19.2 Å². The lowest BCUT2D eigenvalue weighted by Crippen LogP contribution is -2.24. The van der Waals surface area contributed by atoms with Crippen molar-refractivity contribution in [2.75, 3.05) is 17.7 Å². The Labute approximate surface area is 179 Å². The van der Waals surface area contributed by atoms with Crippen LogP contribution in [0.15, 0.2) is 42.5 Å². The zero-order valence-electron chi connectivity index (χ0n) is 19.0. The monoisotopic (exact) mass is 411 g/mol. The number of carbonyl (C=O) groups is 2. The highest BCUT2D eigenvalue weighted by atomic mass is 16.5. The summed E-state index contributed by atoms with van der Waals surface area (Å²) in [6.07, 6.45) is -0.506. The first-order chi connectivity index (χ1) is 13.9. The molecule has 6 heteroatoms. The summed E-state index contributed by atoms with van der Waals surface area (Å²) in [6, 6.07) is 13.0. The Balaban J connectivity index is 2.04. The summed E-state index contributed by atoms with van der Waals surface area (Å²) < 4.78 is 5.38. The van der Waals surface area contributed by atoms with Gasteiger partial charge >= 0.3 is 12.1 Å². The number of anilines is 2. The van der Waals surface area contributed by atoms with Gasteiger partial charge in [0.25, 0.3) is 0 Å². The largest absolute Gasteiger partial charge is 0.444 e. The molecule has 0 unspecified atom stereocenters. The normalized spacial score (nSPS) is 11.6. The molecule has 3 amide bonds. The van der Waals surface area contributed by atoms with Crippen molar-refractivity contribution in [1.82, 2.24) is 5.32 Å². The van der Waals surface area contributed by atoms with Crippen LogP contribution in [0.5, 0.6) is 0 Å². The highest BCUT2D eigenvalue weighted by Gasteiger charge is 2.21. The summed E-state index contributed by atoms with van der Waals surface area (Å²) in [7, 11) is 1.55. The van der Waals surface area contributed by atoms with Crippen molar-refractivity contribution in [3.05, 3.63) is 59.2 Å². The van der Waals surface area contributed by atoms with Crippen molar-refractivity contribution in [3.63, 3.8) is 0 Å². The topological polar surface area (TPSA) is 79.5 Å². The van der Waals surface area contributed by atoms with Crippen LogP contribution in [0.1, 0.15) is 58.2 Å². The second kappa shape index (κ2) is 9.20. The molecule has 6 nitrogen and oxygen atoms in total. The summed E-state index contributed by atoms with van der Waals surface area (Å²) >= 11 is 0. The number of amides is 3. The number of ether oxygens (including phenoxy) is 1. The maximum atomic E-state index is 12.4. The van der Waals surface area contributed by atoms with Crippen LogP contribution in [0.2, 0.25) is 0 Å². The van der Waals surface area contributed by atoms with Gasteiger partial charge in [0.2, 0.25) is 0 Å². The van der Waals surface area contributed by atoms with E-state index in [9.17, 15) is 9.59 Å². The Morgan fingerprint density at radius 2 is 1.33 bits per heavy atom. The molecule has 2 aromatic carbocycles.